The molecule has 104 valence electrons. The van der Waals surface area contributed by atoms with Crippen LogP contribution < -0.4 is 0 Å². The summed E-state index contributed by atoms with van der Waals surface area (Å²) in [5.41, 5.74) is 0.966. The normalized spacial score (nSPS) is 11.8. The molecule has 0 bridgehead atoms. The number of carbonyl (C=O) groups excluding carboxylic acids is 1. The van der Waals surface area contributed by atoms with Gasteiger partial charge in [0.25, 0.3) is 0 Å². The van der Waals surface area contributed by atoms with Gasteiger partial charge in [-0.05, 0) is 37.3 Å². The summed E-state index contributed by atoms with van der Waals surface area (Å²) >= 11 is 0. The summed E-state index contributed by atoms with van der Waals surface area (Å²) in [5.74, 6) is -1.05. The summed E-state index contributed by atoms with van der Waals surface area (Å²) in [5, 5.41) is 8.76. The van der Waals surface area contributed by atoms with Gasteiger partial charge in [-0.1, -0.05) is 6.07 Å². The molecule has 1 aromatic rings. The Morgan fingerprint density at radius 2 is 2.11 bits per heavy atom. The summed E-state index contributed by atoms with van der Waals surface area (Å²) in [4.78, 5) is 26.1. The van der Waals surface area contributed by atoms with Crippen molar-refractivity contribution >= 4 is 11.9 Å². The van der Waals surface area contributed by atoms with Crippen LogP contribution in [0.15, 0.2) is 24.5 Å². The summed E-state index contributed by atoms with van der Waals surface area (Å²) < 4.78 is 4.88. The molecule has 0 aliphatic rings. The van der Waals surface area contributed by atoms with Gasteiger partial charge in [-0.3, -0.25) is 14.6 Å². The lowest BCUT2D eigenvalue weighted by molar-refractivity contribution is -0.143. The summed E-state index contributed by atoms with van der Waals surface area (Å²) in [6.45, 7) is 2.13. The molecule has 1 rings (SSSR count). The average Bonchev–Trinajstić information content (AvgIpc) is 2.40. The van der Waals surface area contributed by atoms with E-state index in [9.17, 15) is 9.59 Å². The molecule has 0 saturated carbocycles. The summed E-state index contributed by atoms with van der Waals surface area (Å²) in [6, 6.07) is 3.72. The van der Waals surface area contributed by atoms with Crippen LogP contribution >= 0.6 is 0 Å². The molecule has 5 nitrogen and oxygen atoms in total. The zero-order valence-electron chi connectivity index (χ0n) is 11.0. The fraction of sp³-hybridized carbons (Fsp3) is 0.500. The smallest absolute Gasteiger partial charge is 0.305 e. The van der Waals surface area contributed by atoms with Gasteiger partial charge >= 0.3 is 11.9 Å². The maximum absolute atomic E-state index is 11.4. The van der Waals surface area contributed by atoms with Gasteiger partial charge in [0, 0.05) is 25.2 Å². The van der Waals surface area contributed by atoms with Crippen molar-refractivity contribution in [2.75, 3.05) is 6.61 Å². The number of carboxylic acids is 1. The van der Waals surface area contributed by atoms with Crippen molar-refractivity contribution in [3.63, 3.8) is 0 Å². The van der Waals surface area contributed by atoms with Crippen LogP contribution in [0.4, 0.5) is 0 Å². The van der Waals surface area contributed by atoms with Crippen molar-refractivity contribution in [1.29, 1.82) is 0 Å². The number of nitrogens with zero attached hydrogens (tertiary/aromatic N) is 1. The first kappa shape index (κ1) is 15.1. The number of ether oxygens (including phenoxy) is 1. The quantitative estimate of drug-likeness (QED) is 0.730. The Hall–Kier alpha value is -1.91. The van der Waals surface area contributed by atoms with Crippen molar-refractivity contribution < 1.29 is 19.4 Å². The molecule has 19 heavy (non-hydrogen) atoms. The predicted molar refractivity (Wildman–Crippen MR) is 69.7 cm³/mol. The van der Waals surface area contributed by atoms with Crippen molar-refractivity contribution in [3.8, 4) is 0 Å². The standard InChI is InChI=1S/C14H19NO4/c1-2-19-14(18)8-6-11(5-7-13(16)17)12-4-3-9-15-10-12/h3-4,9-11H,2,5-8H2,1H3,(H,16,17). The van der Waals surface area contributed by atoms with Gasteiger partial charge in [-0.15, -0.1) is 0 Å². The van der Waals surface area contributed by atoms with Gasteiger partial charge in [0.1, 0.15) is 0 Å². The molecule has 1 N–H and O–H groups in total. The lowest BCUT2D eigenvalue weighted by Gasteiger charge is -2.15. The largest absolute Gasteiger partial charge is 0.481 e. The van der Waals surface area contributed by atoms with Crippen LogP contribution in [0.2, 0.25) is 0 Å². The van der Waals surface area contributed by atoms with E-state index in [1.54, 1.807) is 19.3 Å². The van der Waals surface area contributed by atoms with E-state index in [-0.39, 0.29) is 18.3 Å². The first-order chi connectivity index (χ1) is 9.13. The highest BCUT2D eigenvalue weighted by Gasteiger charge is 2.15. The Morgan fingerprint density at radius 3 is 2.68 bits per heavy atom. The highest BCUT2D eigenvalue weighted by Crippen LogP contribution is 2.25. The van der Waals surface area contributed by atoms with Crippen molar-refractivity contribution in [2.45, 2.75) is 38.5 Å². The van der Waals surface area contributed by atoms with Gasteiger partial charge in [-0.25, -0.2) is 0 Å². The van der Waals surface area contributed by atoms with Crippen molar-refractivity contribution in [3.05, 3.63) is 30.1 Å². The van der Waals surface area contributed by atoms with Crippen LogP contribution in [0.5, 0.6) is 0 Å². The second-order valence-corrected chi connectivity index (χ2v) is 4.26. The number of carbonyl (C=O) groups is 2. The molecule has 1 heterocycles. The summed E-state index contributed by atoms with van der Waals surface area (Å²) in [7, 11) is 0. The molecule has 0 saturated heterocycles. The number of aromatic nitrogens is 1. The van der Waals surface area contributed by atoms with E-state index in [4.69, 9.17) is 9.84 Å². The third-order valence-electron chi connectivity index (χ3n) is 2.86. The Balaban J connectivity index is 2.59. The second-order valence-electron chi connectivity index (χ2n) is 4.26. The number of esters is 1. The number of aliphatic carboxylic acids is 1. The van der Waals surface area contributed by atoms with E-state index in [2.05, 4.69) is 4.98 Å². The van der Waals surface area contributed by atoms with Crippen LogP contribution in [0, 0.1) is 0 Å². The molecule has 5 heteroatoms. The molecule has 1 unspecified atom stereocenters. The number of hydrogen-bond acceptors (Lipinski definition) is 4. The predicted octanol–water partition coefficient (Wildman–Crippen LogP) is 2.37. The number of hydrogen-bond donors (Lipinski definition) is 1. The zero-order chi connectivity index (χ0) is 14.1. The number of carboxylic acid groups (broad SMARTS) is 1. The fourth-order valence-electron chi connectivity index (χ4n) is 1.92. The molecule has 0 radical (unpaired) electrons. The minimum Gasteiger partial charge on any atom is -0.481 e. The maximum atomic E-state index is 11.4. The van der Waals surface area contributed by atoms with E-state index in [0.717, 1.165) is 5.56 Å². The van der Waals surface area contributed by atoms with Gasteiger partial charge < -0.3 is 9.84 Å². The van der Waals surface area contributed by atoms with Gasteiger partial charge in [0.15, 0.2) is 0 Å². The molecular formula is C14H19NO4. The summed E-state index contributed by atoms with van der Waals surface area (Å²) in [6.07, 6.45) is 4.86. The zero-order valence-corrected chi connectivity index (χ0v) is 11.0. The SMILES string of the molecule is CCOC(=O)CCC(CCC(=O)O)c1cccnc1. The molecule has 1 aromatic heterocycles. The third kappa shape index (κ3) is 5.99. The highest BCUT2D eigenvalue weighted by atomic mass is 16.5. The topological polar surface area (TPSA) is 76.5 Å². The Morgan fingerprint density at radius 1 is 1.37 bits per heavy atom. The molecule has 1 atom stereocenters. The number of rotatable bonds is 8. The van der Waals surface area contributed by atoms with Crippen molar-refractivity contribution in [2.24, 2.45) is 0 Å². The Kier molecular flexibility index (Phi) is 6.57. The third-order valence-corrected chi connectivity index (χ3v) is 2.86. The van der Waals surface area contributed by atoms with E-state index in [1.165, 1.54) is 0 Å². The molecule has 0 amide bonds. The second kappa shape index (κ2) is 8.24. The highest BCUT2D eigenvalue weighted by molar-refractivity contribution is 5.69. The Labute approximate surface area is 112 Å². The van der Waals surface area contributed by atoms with Crippen LogP contribution in [-0.2, 0) is 14.3 Å². The minimum absolute atomic E-state index is 0.0224. The molecule has 0 spiro atoms. The first-order valence-corrected chi connectivity index (χ1v) is 6.40. The van der Waals surface area contributed by atoms with E-state index in [1.807, 2.05) is 12.1 Å². The van der Waals surface area contributed by atoms with E-state index in [0.29, 0.717) is 25.9 Å². The average molecular weight is 265 g/mol. The molecule has 0 fully saturated rings. The van der Waals surface area contributed by atoms with Crippen LogP contribution in [0.25, 0.3) is 0 Å². The van der Waals surface area contributed by atoms with Crippen LogP contribution in [0.3, 0.4) is 0 Å². The van der Waals surface area contributed by atoms with Crippen LogP contribution in [0.1, 0.15) is 44.1 Å². The first-order valence-electron chi connectivity index (χ1n) is 6.40. The monoisotopic (exact) mass is 265 g/mol. The van der Waals surface area contributed by atoms with Gasteiger partial charge in [0.2, 0.25) is 0 Å². The molecular weight excluding hydrogens is 246 g/mol. The van der Waals surface area contributed by atoms with Gasteiger partial charge in [-0.2, -0.15) is 0 Å². The fourth-order valence-corrected chi connectivity index (χ4v) is 1.92. The molecule has 0 aromatic carbocycles. The lowest BCUT2D eigenvalue weighted by Crippen LogP contribution is -2.09. The maximum Gasteiger partial charge on any atom is 0.305 e. The molecule has 0 aliphatic carbocycles. The van der Waals surface area contributed by atoms with Crippen molar-refractivity contribution in [1.82, 2.24) is 4.98 Å². The van der Waals surface area contributed by atoms with Gasteiger partial charge in [0.05, 0.1) is 6.61 Å². The van der Waals surface area contributed by atoms with E-state index >= 15 is 0 Å². The minimum atomic E-state index is -0.829. The van der Waals surface area contributed by atoms with Crippen LogP contribution in [-0.4, -0.2) is 28.6 Å². The van der Waals surface area contributed by atoms with E-state index < -0.39 is 5.97 Å². The molecule has 0 aliphatic heterocycles. The number of pyridine rings is 1. The Bertz CT molecular complexity index is 405. The lowest BCUT2D eigenvalue weighted by atomic mass is 9.91.